The van der Waals surface area contributed by atoms with Crippen molar-refractivity contribution in [3.05, 3.63) is 35.4 Å². The average Bonchev–Trinajstić information content (AvgIpc) is 3.76. The molecule has 27 heteroatoms. The monoisotopic (exact) mass is 855 g/mol. The Hall–Kier alpha value is -2.74. The van der Waals surface area contributed by atoms with Crippen LogP contribution in [0, 0.1) is 0 Å². The molecule has 0 bridgehead atoms. The number of ether oxygens (including phenoxy) is 3. The molecular formula is C28H43N9O14P2S2. The number of hydrogen-bond acceptors (Lipinski definition) is 20. The predicted octanol–water partition coefficient (Wildman–Crippen LogP) is 0.427. The summed E-state index contributed by atoms with van der Waals surface area (Å²) in [6, 6.07) is 0.527. The summed E-state index contributed by atoms with van der Waals surface area (Å²) in [6.07, 6.45) is -6.33. The van der Waals surface area contributed by atoms with E-state index in [1.807, 2.05) is 20.8 Å². The summed E-state index contributed by atoms with van der Waals surface area (Å²) in [7, 11) is -3.75. The van der Waals surface area contributed by atoms with Crippen molar-refractivity contribution in [2.24, 2.45) is 0 Å². The zero-order chi connectivity index (χ0) is 40.5. The van der Waals surface area contributed by atoms with E-state index < -0.39 is 89.5 Å². The second kappa shape index (κ2) is 17.4. The number of nitrogen functional groups attached to an aromatic ring is 2. The van der Waals surface area contributed by atoms with Gasteiger partial charge in [-0.2, -0.15) is 4.98 Å². The number of nitrogens with zero attached hydrogens (tertiary/aromatic N) is 7. The summed E-state index contributed by atoms with van der Waals surface area (Å²) >= 11 is 0. The molecule has 0 spiro atoms. The number of carbonyl (C=O) groups excluding carboxylic acids is 1. The number of esters is 1. The highest BCUT2D eigenvalue weighted by Gasteiger charge is 2.50. The standard InChI is InChI=1S/C28H43N9O14P2S2/c1-28(2,3)55-54-11-14(35(4)5)26(39)50-22-17(49-25(21(22)38)37-13-33-20-23(30)31-12-32-24(20)37)10-47-53(44,45)51-15-8-19(36-7-6-18(29)34-27(36)40)48-16(15)9-46-52(41,42)43/h6-7,12-17,19,21-22,25,38H,8-11H2,1-5H3,(H,44,45)(H2,29,34,40)(H2,30,31,32)(H2,41,42,43)/t14-,15-,16+,17+,19+,21+,22+,25+/m0/s1. The average molecular weight is 856 g/mol. The number of rotatable bonds is 16. The van der Waals surface area contributed by atoms with Crippen LogP contribution in [0.3, 0.4) is 0 Å². The van der Waals surface area contributed by atoms with Crippen LogP contribution in [0.2, 0.25) is 0 Å². The van der Waals surface area contributed by atoms with Crippen LogP contribution in [-0.4, -0.2) is 134 Å². The lowest BCUT2D eigenvalue weighted by molar-refractivity contribution is -0.161. The van der Waals surface area contributed by atoms with E-state index >= 15 is 0 Å². The summed E-state index contributed by atoms with van der Waals surface area (Å²) in [5.74, 6) is -0.427. The Bertz CT molecular complexity index is 1980. The number of phosphoric acid groups is 2. The first-order chi connectivity index (χ1) is 25.6. The summed E-state index contributed by atoms with van der Waals surface area (Å²) in [4.78, 5) is 73.0. The van der Waals surface area contributed by atoms with Gasteiger partial charge in [-0.3, -0.25) is 32.4 Å². The number of fused-ring (bicyclic) bond motifs is 1. The Morgan fingerprint density at radius 2 is 1.80 bits per heavy atom. The maximum atomic E-state index is 13.6. The third kappa shape index (κ3) is 11.2. The van der Waals surface area contributed by atoms with E-state index in [-0.39, 0.29) is 34.0 Å². The van der Waals surface area contributed by atoms with Gasteiger partial charge in [-0.25, -0.2) is 28.9 Å². The van der Waals surface area contributed by atoms with Gasteiger partial charge in [0.05, 0.1) is 19.5 Å². The number of hydrogen-bond donors (Lipinski definition) is 6. The van der Waals surface area contributed by atoms with E-state index in [4.69, 9.17) is 34.7 Å². The van der Waals surface area contributed by atoms with Crippen molar-refractivity contribution in [2.45, 2.75) is 81.0 Å². The molecule has 2 saturated heterocycles. The highest BCUT2D eigenvalue weighted by atomic mass is 33.1. The number of aliphatic hydroxyl groups excluding tert-OH is 1. The molecular weight excluding hydrogens is 812 g/mol. The van der Waals surface area contributed by atoms with Crippen LogP contribution in [0.15, 0.2) is 29.7 Å². The maximum Gasteiger partial charge on any atom is 0.472 e. The fourth-order valence-corrected chi connectivity index (χ4v) is 9.46. The Labute approximate surface area is 321 Å². The zero-order valence-corrected chi connectivity index (χ0v) is 33.5. The van der Waals surface area contributed by atoms with Crippen LogP contribution >= 0.6 is 37.2 Å². The van der Waals surface area contributed by atoms with Gasteiger partial charge in [0.15, 0.2) is 23.8 Å². The van der Waals surface area contributed by atoms with E-state index in [9.17, 15) is 38.5 Å². The topological polar surface area (TPSA) is 321 Å². The molecule has 2 fully saturated rings. The van der Waals surface area contributed by atoms with Crippen molar-refractivity contribution in [3.8, 4) is 0 Å². The van der Waals surface area contributed by atoms with E-state index in [1.54, 1.807) is 29.8 Å². The largest absolute Gasteiger partial charge is 0.472 e. The van der Waals surface area contributed by atoms with Gasteiger partial charge in [0.2, 0.25) is 0 Å². The molecule has 2 aliphatic heterocycles. The van der Waals surface area contributed by atoms with Crippen molar-refractivity contribution in [2.75, 3.05) is 44.5 Å². The van der Waals surface area contributed by atoms with E-state index in [0.717, 1.165) is 4.57 Å². The molecule has 8 N–H and O–H groups in total. The first-order valence-corrected chi connectivity index (χ1v) is 21.8. The van der Waals surface area contributed by atoms with Gasteiger partial charge in [0.25, 0.3) is 0 Å². The molecule has 23 nitrogen and oxygen atoms in total. The van der Waals surface area contributed by atoms with Crippen LogP contribution in [0.25, 0.3) is 11.2 Å². The van der Waals surface area contributed by atoms with Gasteiger partial charge in [-0.05, 0) is 20.2 Å². The number of phosphoric ester groups is 2. The minimum Gasteiger partial charge on any atom is -0.455 e. The second-order valence-electron chi connectivity index (χ2n) is 13.6. The van der Waals surface area contributed by atoms with Crippen molar-refractivity contribution < 1.29 is 61.5 Å². The molecule has 9 atom stereocenters. The summed E-state index contributed by atoms with van der Waals surface area (Å²) in [6.45, 7) is 4.48. The highest BCUT2D eigenvalue weighted by Crippen LogP contribution is 2.50. The summed E-state index contributed by atoms with van der Waals surface area (Å²) in [5.41, 5.74) is 11.0. The number of nitrogens with two attached hydrogens (primary N) is 2. The quantitative estimate of drug-likeness (QED) is 0.0646. The molecule has 306 valence electrons. The van der Waals surface area contributed by atoms with Gasteiger partial charge >= 0.3 is 27.3 Å². The van der Waals surface area contributed by atoms with Crippen LogP contribution in [0.5, 0.6) is 0 Å². The van der Waals surface area contributed by atoms with Crippen molar-refractivity contribution in [1.29, 1.82) is 0 Å². The molecule has 1 unspecified atom stereocenters. The van der Waals surface area contributed by atoms with E-state index in [2.05, 4.69) is 24.5 Å². The van der Waals surface area contributed by atoms with Crippen molar-refractivity contribution in [3.63, 3.8) is 0 Å². The maximum absolute atomic E-state index is 13.6. The fraction of sp³-hybridized carbons (Fsp3) is 0.643. The lowest BCUT2D eigenvalue weighted by Gasteiger charge is -2.28. The zero-order valence-electron chi connectivity index (χ0n) is 30.1. The number of likely N-dealkylation sites (N-methyl/N-ethyl adjacent to an activating group) is 1. The van der Waals surface area contributed by atoms with E-state index in [1.165, 1.54) is 40.3 Å². The van der Waals surface area contributed by atoms with Crippen molar-refractivity contribution in [1.82, 2.24) is 34.0 Å². The number of aromatic nitrogens is 6. The van der Waals surface area contributed by atoms with Crippen LogP contribution < -0.4 is 17.2 Å². The Balaban J connectivity index is 1.35. The molecule has 55 heavy (non-hydrogen) atoms. The lowest BCUT2D eigenvalue weighted by Crippen LogP contribution is -2.45. The molecule has 3 aromatic heterocycles. The second-order valence-corrected chi connectivity index (χ2v) is 19.4. The normalized spacial score (nSPS) is 26.4. The van der Waals surface area contributed by atoms with Gasteiger partial charge < -0.3 is 45.5 Å². The van der Waals surface area contributed by atoms with Gasteiger partial charge in [0, 0.05) is 23.1 Å². The van der Waals surface area contributed by atoms with Crippen LogP contribution in [-0.2, 0) is 41.7 Å². The Kier molecular flexibility index (Phi) is 13.7. The molecule has 5 heterocycles. The SMILES string of the molecule is CN(C)[C@@H](CSSC(C)(C)C)C(=O)O[C@H]1[C@@H](O)[C@H](n2cnc3c(N)ncnc32)O[C@@H]1COP(=O)(O)O[C@H]1C[C@H](n2ccc(N)nc2=O)O[C@@H]1COP(=O)(O)O. The molecule has 0 saturated carbocycles. The highest BCUT2D eigenvalue weighted by molar-refractivity contribution is 8.77. The van der Waals surface area contributed by atoms with E-state index in [0.29, 0.717) is 5.75 Å². The van der Waals surface area contributed by atoms with Crippen LogP contribution in [0.4, 0.5) is 11.6 Å². The third-order valence-electron chi connectivity index (χ3n) is 8.07. The predicted molar refractivity (Wildman–Crippen MR) is 197 cm³/mol. The minimum atomic E-state index is -5.13. The molecule has 0 amide bonds. The van der Waals surface area contributed by atoms with Gasteiger partial charge in [0.1, 0.15) is 54.3 Å². The summed E-state index contributed by atoms with van der Waals surface area (Å²) < 4.78 is 60.0. The number of aliphatic hydroxyl groups is 1. The smallest absolute Gasteiger partial charge is 0.455 e. The molecule has 0 radical (unpaired) electrons. The molecule has 0 aromatic carbocycles. The number of anilines is 2. The Morgan fingerprint density at radius 3 is 2.45 bits per heavy atom. The first-order valence-electron chi connectivity index (χ1n) is 16.4. The Morgan fingerprint density at radius 1 is 1.09 bits per heavy atom. The number of carbonyl (C=O) groups is 1. The fourth-order valence-electron chi connectivity index (χ4n) is 5.52. The lowest BCUT2D eigenvalue weighted by atomic mass is 10.1. The molecule has 5 rings (SSSR count). The molecule has 3 aromatic rings. The van der Waals surface area contributed by atoms with Crippen molar-refractivity contribution >= 4 is 66.0 Å². The van der Waals surface area contributed by atoms with Gasteiger partial charge in [-0.1, -0.05) is 42.4 Å². The molecule has 2 aliphatic rings. The van der Waals surface area contributed by atoms with Gasteiger partial charge in [-0.15, -0.1) is 0 Å². The molecule has 0 aliphatic carbocycles. The number of imidazole rings is 1. The minimum absolute atomic E-state index is 0.0529. The summed E-state index contributed by atoms with van der Waals surface area (Å²) in [5, 5.41) is 11.6. The first kappa shape index (κ1) is 43.4. The third-order valence-corrected chi connectivity index (χ3v) is 12.9. The van der Waals surface area contributed by atoms with Crippen LogP contribution in [0.1, 0.15) is 39.6 Å².